The number of pyridine rings is 1. The van der Waals surface area contributed by atoms with E-state index >= 15 is 0 Å². The van der Waals surface area contributed by atoms with Crippen LogP contribution in [0.1, 0.15) is 35.1 Å². The zero-order valence-corrected chi connectivity index (χ0v) is 11.9. The molecule has 100 valence electrons. The molecule has 0 bridgehead atoms. The molecule has 19 heavy (non-hydrogen) atoms. The van der Waals surface area contributed by atoms with Crippen LogP contribution >= 0.6 is 11.3 Å². The third-order valence-electron chi connectivity index (χ3n) is 3.98. The van der Waals surface area contributed by atoms with Crippen LogP contribution in [0.5, 0.6) is 0 Å². The molecule has 3 heterocycles. The smallest absolute Gasteiger partial charge is 0.0649 e. The average Bonchev–Trinajstić information content (AvgIpc) is 2.93. The molecule has 2 N–H and O–H groups in total. The molecule has 0 aromatic carbocycles. The van der Waals surface area contributed by atoms with Gasteiger partial charge in [-0.3, -0.25) is 9.88 Å². The largest absolute Gasteiger partial charge is 0.329 e. The Kier molecular flexibility index (Phi) is 3.64. The Bertz CT molecular complexity index is 537. The van der Waals surface area contributed by atoms with Crippen LogP contribution < -0.4 is 5.73 Å². The van der Waals surface area contributed by atoms with Gasteiger partial charge in [-0.2, -0.15) is 0 Å². The van der Waals surface area contributed by atoms with E-state index in [-0.39, 0.29) is 6.04 Å². The van der Waals surface area contributed by atoms with E-state index in [9.17, 15) is 0 Å². The highest BCUT2D eigenvalue weighted by molar-refractivity contribution is 7.10. The highest BCUT2D eigenvalue weighted by Gasteiger charge is 2.30. The van der Waals surface area contributed by atoms with Crippen molar-refractivity contribution in [2.75, 3.05) is 13.1 Å². The fraction of sp³-hybridized carbons (Fsp3) is 0.400. The second-order valence-electron chi connectivity index (χ2n) is 4.97. The number of aromatic nitrogens is 1. The summed E-state index contributed by atoms with van der Waals surface area (Å²) in [5, 5.41) is 2.20. The zero-order chi connectivity index (χ0) is 13.2. The summed E-state index contributed by atoms with van der Waals surface area (Å²) in [6, 6.07) is 8.95. The molecule has 0 spiro atoms. The summed E-state index contributed by atoms with van der Waals surface area (Å²) in [4.78, 5) is 8.50. The number of nitrogens with zero attached hydrogens (tertiary/aromatic N) is 2. The van der Waals surface area contributed by atoms with E-state index in [1.165, 1.54) is 10.4 Å². The highest BCUT2D eigenvalue weighted by atomic mass is 32.1. The molecule has 2 atom stereocenters. The number of rotatable bonds is 3. The molecule has 0 fully saturated rings. The fourth-order valence-electron chi connectivity index (χ4n) is 2.95. The fourth-order valence-corrected chi connectivity index (χ4v) is 3.92. The molecule has 1 aliphatic rings. The summed E-state index contributed by atoms with van der Waals surface area (Å²) in [5.41, 5.74) is 8.56. The lowest BCUT2D eigenvalue weighted by Gasteiger charge is -2.38. The summed E-state index contributed by atoms with van der Waals surface area (Å²) >= 11 is 1.87. The van der Waals surface area contributed by atoms with Gasteiger partial charge >= 0.3 is 0 Å². The Hall–Kier alpha value is -1.23. The van der Waals surface area contributed by atoms with Crippen LogP contribution in [0.3, 0.4) is 0 Å². The van der Waals surface area contributed by atoms with Crippen LogP contribution in [0.2, 0.25) is 0 Å². The minimum Gasteiger partial charge on any atom is -0.329 e. The van der Waals surface area contributed by atoms with E-state index in [1.54, 1.807) is 0 Å². The van der Waals surface area contributed by atoms with Crippen molar-refractivity contribution in [1.82, 2.24) is 9.88 Å². The van der Waals surface area contributed by atoms with Gasteiger partial charge in [-0.1, -0.05) is 6.07 Å². The van der Waals surface area contributed by atoms with E-state index in [4.69, 9.17) is 5.73 Å². The predicted molar refractivity (Wildman–Crippen MR) is 79.2 cm³/mol. The van der Waals surface area contributed by atoms with Crippen LogP contribution in [-0.2, 0) is 6.42 Å². The zero-order valence-electron chi connectivity index (χ0n) is 11.1. The Morgan fingerprint density at radius 3 is 3.11 bits per heavy atom. The van der Waals surface area contributed by atoms with Crippen molar-refractivity contribution in [3.05, 3.63) is 52.0 Å². The standard InChI is InChI=1S/C15H19N3S/c1-11-12-6-9-19-15(12)5-8-18(11)14(10-16)13-4-2-3-7-17-13/h2-4,6-7,9,11,14H,5,8,10,16H2,1H3. The molecule has 2 unspecified atom stereocenters. The third kappa shape index (κ3) is 2.31. The van der Waals surface area contributed by atoms with Crippen molar-refractivity contribution in [3.8, 4) is 0 Å². The Balaban J connectivity index is 1.90. The second kappa shape index (κ2) is 5.41. The molecule has 3 nitrogen and oxygen atoms in total. The number of hydrogen-bond donors (Lipinski definition) is 1. The molecule has 0 radical (unpaired) electrons. The first-order valence-corrected chi connectivity index (χ1v) is 7.62. The van der Waals surface area contributed by atoms with Gasteiger partial charge < -0.3 is 5.73 Å². The lowest BCUT2D eigenvalue weighted by Crippen LogP contribution is -2.40. The molecular weight excluding hydrogens is 254 g/mol. The van der Waals surface area contributed by atoms with Crippen molar-refractivity contribution in [2.45, 2.75) is 25.4 Å². The van der Waals surface area contributed by atoms with Gasteiger partial charge in [-0.15, -0.1) is 11.3 Å². The van der Waals surface area contributed by atoms with Crippen LogP contribution in [0.15, 0.2) is 35.8 Å². The first-order chi connectivity index (χ1) is 9.31. The molecule has 0 aliphatic carbocycles. The summed E-state index contributed by atoms with van der Waals surface area (Å²) in [5.74, 6) is 0. The van der Waals surface area contributed by atoms with Gasteiger partial charge in [0.15, 0.2) is 0 Å². The second-order valence-corrected chi connectivity index (χ2v) is 5.97. The Labute approximate surface area is 118 Å². The molecule has 0 amide bonds. The lowest BCUT2D eigenvalue weighted by atomic mass is 9.98. The summed E-state index contributed by atoms with van der Waals surface area (Å²) in [6.07, 6.45) is 2.98. The lowest BCUT2D eigenvalue weighted by molar-refractivity contribution is 0.136. The molecule has 0 saturated carbocycles. The molecular formula is C15H19N3S. The minimum atomic E-state index is 0.212. The van der Waals surface area contributed by atoms with E-state index < -0.39 is 0 Å². The maximum atomic E-state index is 6.01. The highest BCUT2D eigenvalue weighted by Crippen LogP contribution is 2.37. The average molecular weight is 273 g/mol. The SMILES string of the molecule is CC1c2ccsc2CCN1C(CN)c1ccccn1. The molecule has 2 aromatic heterocycles. The van der Waals surface area contributed by atoms with Crippen molar-refractivity contribution >= 4 is 11.3 Å². The van der Waals surface area contributed by atoms with Gasteiger partial charge in [-0.25, -0.2) is 0 Å². The topological polar surface area (TPSA) is 42.1 Å². The van der Waals surface area contributed by atoms with E-state index in [0.717, 1.165) is 18.7 Å². The van der Waals surface area contributed by atoms with E-state index in [2.05, 4.69) is 34.3 Å². The van der Waals surface area contributed by atoms with Crippen LogP contribution in [-0.4, -0.2) is 23.0 Å². The number of nitrogens with two attached hydrogens (primary N) is 1. The molecule has 1 aliphatic heterocycles. The maximum Gasteiger partial charge on any atom is 0.0649 e. The van der Waals surface area contributed by atoms with E-state index in [0.29, 0.717) is 12.6 Å². The summed E-state index contributed by atoms with van der Waals surface area (Å²) in [6.45, 7) is 3.95. The predicted octanol–water partition coefficient (Wildman–Crippen LogP) is 2.76. The maximum absolute atomic E-state index is 6.01. The minimum absolute atomic E-state index is 0.212. The Morgan fingerprint density at radius 1 is 1.47 bits per heavy atom. The van der Waals surface area contributed by atoms with Gasteiger partial charge in [-0.05, 0) is 42.5 Å². The molecule has 2 aromatic rings. The third-order valence-corrected chi connectivity index (χ3v) is 4.97. The van der Waals surface area contributed by atoms with Gasteiger partial charge in [0.25, 0.3) is 0 Å². The normalized spacial score (nSPS) is 21.1. The van der Waals surface area contributed by atoms with Crippen LogP contribution in [0.4, 0.5) is 0 Å². The first-order valence-electron chi connectivity index (χ1n) is 6.74. The molecule has 0 saturated heterocycles. The van der Waals surface area contributed by atoms with Crippen molar-refractivity contribution in [1.29, 1.82) is 0 Å². The number of hydrogen-bond acceptors (Lipinski definition) is 4. The van der Waals surface area contributed by atoms with Gasteiger partial charge in [0.05, 0.1) is 11.7 Å². The Morgan fingerprint density at radius 2 is 2.37 bits per heavy atom. The van der Waals surface area contributed by atoms with Gasteiger partial charge in [0.2, 0.25) is 0 Å². The van der Waals surface area contributed by atoms with Gasteiger partial charge in [0.1, 0.15) is 0 Å². The summed E-state index contributed by atoms with van der Waals surface area (Å²) in [7, 11) is 0. The van der Waals surface area contributed by atoms with Crippen molar-refractivity contribution in [2.24, 2.45) is 5.73 Å². The van der Waals surface area contributed by atoms with Gasteiger partial charge in [0, 0.05) is 30.2 Å². The first kappa shape index (κ1) is 12.8. The quantitative estimate of drug-likeness (QED) is 0.935. The van der Waals surface area contributed by atoms with E-state index in [1.807, 2.05) is 29.7 Å². The van der Waals surface area contributed by atoms with Crippen LogP contribution in [0, 0.1) is 0 Å². The van der Waals surface area contributed by atoms with Crippen molar-refractivity contribution in [3.63, 3.8) is 0 Å². The number of fused-ring (bicyclic) bond motifs is 1. The van der Waals surface area contributed by atoms with Crippen LogP contribution in [0.25, 0.3) is 0 Å². The monoisotopic (exact) mass is 273 g/mol. The number of thiophene rings is 1. The molecule has 3 rings (SSSR count). The molecule has 4 heteroatoms. The van der Waals surface area contributed by atoms with Crippen molar-refractivity contribution < 1.29 is 0 Å². The summed E-state index contributed by atoms with van der Waals surface area (Å²) < 4.78 is 0.